The number of hydrogen-bond acceptors (Lipinski definition) is 36. The van der Waals surface area contributed by atoms with Crippen LogP contribution >= 0.6 is 46.9 Å². The van der Waals surface area contributed by atoms with Gasteiger partial charge in [0.2, 0.25) is 53.5 Å². The molecule has 33 nitrogen and oxygen atoms in total. The van der Waals surface area contributed by atoms with Crippen molar-refractivity contribution in [2.24, 2.45) is 11.5 Å². The zero-order chi connectivity index (χ0) is 64.8. The Morgan fingerprint density at radius 1 is 0.391 bits per heavy atom. The standard InChI is InChI=1S/C55H80ClN29O4S3/c1-3-90-53-77-38(68-44(59)80-53)12-6-26-64-52-76-43(79-55(85-52)92-33-36-17-19-37(56)20-18-36)16-10-25-62-47-72-41(74-50(83-47)67-30-32-89-35-87)14-8-27-63-51-75-42(78-54(84-51)91-4-2)15-9-24-61-46-71-40(73-48(81-46)65-28-22-58)13-7-23-60-45-69-39(11-5-21-57)70-49(82-45)66-29-31-88-34-86/h17-20,34-35H,3-16,21-33,57-58H2,1-2H3,(H2,59,68,77,80)(H,63,75,78,84)(H,64,76,79,85)(H2,60,66,69,70,82)(H2,61,65,71,73,81)(H2,62,67,72,74,83). The summed E-state index contributed by atoms with van der Waals surface area (Å²) in [6.45, 7) is 9.88. The van der Waals surface area contributed by atoms with Gasteiger partial charge in [0.1, 0.15) is 48.2 Å². The van der Waals surface area contributed by atoms with Crippen molar-refractivity contribution in [2.75, 3.05) is 138 Å². The van der Waals surface area contributed by atoms with E-state index in [4.69, 9.17) is 73.2 Å². The van der Waals surface area contributed by atoms with E-state index in [1.54, 1.807) is 0 Å². The van der Waals surface area contributed by atoms with Crippen molar-refractivity contribution >= 4 is 113 Å². The van der Waals surface area contributed by atoms with Crippen molar-refractivity contribution in [1.82, 2.24) is 89.7 Å². The first-order valence-electron chi connectivity index (χ1n) is 30.4. The number of anilines is 9. The second-order valence-electron chi connectivity index (χ2n) is 19.6. The summed E-state index contributed by atoms with van der Waals surface area (Å²) in [5.41, 5.74) is 18.6. The smallest absolute Gasteiger partial charge is 0.293 e. The van der Waals surface area contributed by atoms with Crippen molar-refractivity contribution in [3.05, 3.63) is 69.8 Å². The fourth-order valence-corrected chi connectivity index (χ4v) is 10.3. The molecule has 0 saturated heterocycles. The number of carbonyl (C=O) groups is 2. The average molecular weight is 1340 g/mol. The predicted octanol–water partition coefficient (Wildman–Crippen LogP) is 4.20. The van der Waals surface area contributed by atoms with Crippen LogP contribution < -0.4 is 59.7 Å². The number of ether oxygens (including phenoxy) is 2. The number of nitrogens with one attached hydrogen (secondary N) is 8. The second kappa shape index (κ2) is 41.2. The fraction of sp³-hybridized carbons (Fsp3) is 0.527. The number of hydrogen-bond donors (Lipinski definition) is 11. The molecule has 0 spiro atoms. The number of benzene rings is 1. The van der Waals surface area contributed by atoms with Crippen molar-refractivity contribution in [1.29, 1.82) is 0 Å². The minimum absolute atomic E-state index is 0.137. The van der Waals surface area contributed by atoms with Gasteiger partial charge in [0.05, 0.1) is 13.1 Å². The summed E-state index contributed by atoms with van der Waals surface area (Å²) in [5.74, 6) is 9.44. The molecule has 7 aromatic rings. The number of thioether (sulfide) groups is 3. The summed E-state index contributed by atoms with van der Waals surface area (Å²) in [4.78, 5) is 104. The van der Waals surface area contributed by atoms with Gasteiger partial charge in [-0.3, -0.25) is 9.59 Å². The van der Waals surface area contributed by atoms with E-state index in [1.165, 1.54) is 35.3 Å². The summed E-state index contributed by atoms with van der Waals surface area (Å²) >= 11 is 10.7. The molecule has 0 atom stereocenters. The molecule has 6 aromatic heterocycles. The van der Waals surface area contributed by atoms with Gasteiger partial charge < -0.3 is 69.2 Å². The number of nitrogens with two attached hydrogens (primary N) is 3. The Bertz CT molecular complexity index is 3340. The van der Waals surface area contributed by atoms with Crippen LogP contribution in [0.1, 0.15) is 92.9 Å². The summed E-state index contributed by atoms with van der Waals surface area (Å²) in [6.07, 6.45) is 7.38. The molecule has 0 unspecified atom stereocenters. The summed E-state index contributed by atoms with van der Waals surface area (Å²) in [5, 5.41) is 28.6. The van der Waals surface area contributed by atoms with Crippen LogP contribution in [-0.4, -0.2) is 193 Å². The number of aromatic nitrogens is 18. The molecule has 92 heavy (non-hydrogen) atoms. The van der Waals surface area contributed by atoms with Gasteiger partial charge in [0.15, 0.2) is 15.5 Å². The Labute approximate surface area is 551 Å². The van der Waals surface area contributed by atoms with Crippen LogP contribution in [-0.2, 0) is 63.3 Å². The molecule has 37 heteroatoms. The van der Waals surface area contributed by atoms with E-state index in [2.05, 4.69) is 97.4 Å². The van der Waals surface area contributed by atoms with Crippen LogP contribution in [0.4, 0.5) is 53.5 Å². The van der Waals surface area contributed by atoms with Crippen molar-refractivity contribution in [2.45, 2.75) is 112 Å². The van der Waals surface area contributed by atoms with E-state index in [9.17, 15) is 9.59 Å². The van der Waals surface area contributed by atoms with E-state index in [0.29, 0.717) is 258 Å². The molecule has 0 bridgehead atoms. The van der Waals surface area contributed by atoms with Crippen LogP contribution in [0.15, 0.2) is 39.7 Å². The zero-order valence-electron chi connectivity index (χ0n) is 51.6. The highest BCUT2D eigenvalue weighted by Crippen LogP contribution is 2.23. The predicted molar refractivity (Wildman–Crippen MR) is 357 cm³/mol. The Hall–Kier alpha value is -8.32. The molecule has 0 saturated carbocycles. The maximum atomic E-state index is 10.9. The van der Waals surface area contributed by atoms with Crippen molar-refractivity contribution < 1.29 is 19.1 Å². The van der Waals surface area contributed by atoms with E-state index >= 15 is 0 Å². The molecule has 1 aromatic carbocycles. The minimum Gasteiger partial charge on any atom is -0.466 e. The first kappa shape index (κ1) is 71.1. The highest BCUT2D eigenvalue weighted by molar-refractivity contribution is 7.99. The molecule has 0 amide bonds. The molecular weight excluding hydrogens is 1260 g/mol. The molecule has 0 aliphatic carbocycles. The second-order valence-corrected chi connectivity index (χ2v) is 23.5. The van der Waals surface area contributed by atoms with E-state index in [1.807, 2.05) is 38.1 Å². The van der Waals surface area contributed by atoms with Crippen LogP contribution in [0.2, 0.25) is 5.02 Å². The lowest BCUT2D eigenvalue weighted by Crippen LogP contribution is -2.18. The number of nitrogen functional groups attached to an aromatic ring is 1. The van der Waals surface area contributed by atoms with Crippen LogP contribution in [0, 0.1) is 0 Å². The normalized spacial score (nSPS) is 11.0. The number of aryl methyl sites for hydroxylation is 6. The molecule has 7 rings (SSSR count). The maximum Gasteiger partial charge on any atom is 0.293 e. The zero-order valence-corrected chi connectivity index (χ0v) is 54.8. The van der Waals surface area contributed by atoms with Gasteiger partial charge in [0, 0.05) is 95.1 Å². The fourth-order valence-electron chi connectivity index (χ4n) is 8.17. The summed E-state index contributed by atoms with van der Waals surface area (Å²) < 4.78 is 9.66. The molecule has 494 valence electrons. The highest BCUT2D eigenvalue weighted by atomic mass is 35.5. The summed E-state index contributed by atoms with van der Waals surface area (Å²) in [7, 11) is 0. The first-order chi connectivity index (χ1) is 45.1. The van der Waals surface area contributed by atoms with Crippen LogP contribution in [0.5, 0.6) is 0 Å². The average Bonchev–Trinajstić information content (AvgIpc) is 2.20. The number of carbonyl (C=O) groups excluding carboxylic acids is 2. The van der Waals surface area contributed by atoms with Gasteiger partial charge in [0.25, 0.3) is 12.9 Å². The summed E-state index contributed by atoms with van der Waals surface area (Å²) in [6, 6.07) is 7.70. The Morgan fingerprint density at radius 3 is 1.09 bits per heavy atom. The third-order valence-corrected chi connectivity index (χ3v) is 15.0. The Morgan fingerprint density at radius 2 is 0.717 bits per heavy atom. The van der Waals surface area contributed by atoms with E-state index in [0.717, 1.165) is 23.5 Å². The molecule has 14 N–H and O–H groups in total. The molecule has 0 radical (unpaired) electrons. The third kappa shape index (κ3) is 27.3. The van der Waals surface area contributed by atoms with Crippen molar-refractivity contribution in [3.63, 3.8) is 0 Å². The largest absolute Gasteiger partial charge is 0.466 e. The number of rotatable bonds is 48. The monoisotopic (exact) mass is 1340 g/mol. The Balaban J connectivity index is 0.904. The van der Waals surface area contributed by atoms with Gasteiger partial charge in [-0.15, -0.1) is 0 Å². The minimum atomic E-state index is 0.137. The van der Waals surface area contributed by atoms with E-state index < -0.39 is 0 Å². The number of nitrogens with zero attached hydrogens (tertiary/aromatic N) is 18. The van der Waals surface area contributed by atoms with E-state index in [-0.39, 0.29) is 19.2 Å². The Kier molecular flexibility index (Phi) is 31.9. The first-order valence-corrected chi connectivity index (χ1v) is 33.7. The maximum absolute atomic E-state index is 10.9. The van der Waals surface area contributed by atoms with Gasteiger partial charge in [-0.2, -0.15) is 74.8 Å². The molecule has 0 aliphatic heterocycles. The molecule has 0 fully saturated rings. The topological polar surface area (TPSA) is 459 Å². The van der Waals surface area contributed by atoms with Gasteiger partial charge in [-0.05, 0) is 74.3 Å². The quantitative estimate of drug-likeness (QED) is 0.0145. The molecular formula is C55H80ClN29O4S3. The van der Waals surface area contributed by atoms with Gasteiger partial charge >= 0.3 is 0 Å². The highest BCUT2D eigenvalue weighted by Gasteiger charge is 2.15. The molecule has 0 aliphatic rings. The van der Waals surface area contributed by atoms with Gasteiger partial charge in [-0.25, -0.2) is 15.0 Å². The van der Waals surface area contributed by atoms with Crippen LogP contribution in [0.25, 0.3) is 0 Å². The lowest BCUT2D eigenvalue weighted by molar-refractivity contribution is -0.129. The molecule has 6 heterocycles. The SMILES string of the molecule is CCSc1nc(N)nc(CCCNc2nc(CCCNc3nc(CCCNc4nc(CCCNc5nc(CCCNc6nc(CCCN)nc(NCCOC=O)n6)nc(NCCN)n5)nc(SCC)n4)nc(NCCOC=O)n3)nc(SCc3ccc(Cl)cc3)n2)n1. The third-order valence-electron chi connectivity index (χ3n) is 12.3. The van der Waals surface area contributed by atoms with Crippen molar-refractivity contribution in [3.8, 4) is 0 Å². The van der Waals surface area contributed by atoms with Gasteiger partial charge in [-0.1, -0.05) is 72.9 Å². The number of halogens is 1. The lowest BCUT2D eigenvalue weighted by atomic mass is 10.2. The lowest BCUT2D eigenvalue weighted by Gasteiger charge is -2.12. The van der Waals surface area contributed by atoms with Crippen LogP contribution in [0.3, 0.4) is 0 Å².